The lowest BCUT2D eigenvalue weighted by atomic mass is 10.2. The summed E-state index contributed by atoms with van der Waals surface area (Å²) in [6, 6.07) is 7.62. The molecule has 2 aromatic rings. The zero-order valence-electron chi connectivity index (χ0n) is 13.1. The fraction of sp³-hybridized carbons (Fsp3) is 0.0625. The summed E-state index contributed by atoms with van der Waals surface area (Å²) in [5.74, 6) is -1.31. The first-order valence-corrected chi connectivity index (χ1v) is 9.28. The minimum atomic E-state index is -1.17. The summed E-state index contributed by atoms with van der Waals surface area (Å²) in [7, 11) is 1.45. The largest absolute Gasteiger partial charge is 0.495 e. The molecule has 0 aliphatic heterocycles. The predicted octanol–water partition coefficient (Wildman–Crippen LogP) is 4.70. The summed E-state index contributed by atoms with van der Waals surface area (Å²) >= 11 is 17.6. The number of thiocarbonyl (C=S) groups is 1. The standard InChI is InChI=1S/C16H11Br2ClN2O4S/c1-25-13-10(4-7(17)5-11(13)18)14(22)21-16(26)20-8-2-3-12(19)9(6-8)15(23)24/h2-6H,1H3,(H,23,24)(H2,20,21,22,26). The van der Waals surface area contributed by atoms with Crippen LogP contribution in [-0.2, 0) is 0 Å². The lowest BCUT2D eigenvalue weighted by Crippen LogP contribution is -2.34. The van der Waals surface area contributed by atoms with Crippen molar-refractivity contribution in [2.45, 2.75) is 0 Å². The number of rotatable bonds is 4. The molecule has 0 radical (unpaired) electrons. The van der Waals surface area contributed by atoms with Gasteiger partial charge in [-0.2, -0.15) is 0 Å². The topological polar surface area (TPSA) is 87.7 Å². The van der Waals surface area contributed by atoms with Crippen molar-refractivity contribution in [1.29, 1.82) is 0 Å². The van der Waals surface area contributed by atoms with Gasteiger partial charge in [0.2, 0.25) is 0 Å². The monoisotopic (exact) mass is 520 g/mol. The molecule has 3 N–H and O–H groups in total. The Morgan fingerprint density at radius 2 is 1.88 bits per heavy atom. The van der Waals surface area contributed by atoms with E-state index in [2.05, 4.69) is 42.5 Å². The number of benzene rings is 2. The number of anilines is 1. The molecule has 2 rings (SSSR count). The van der Waals surface area contributed by atoms with Crippen LogP contribution in [0.15, 0.2) is 39.3 Å². The summed E-state index contributed by atoms with van der Waals surface area (Å²) in [5, 5.41) is 14.4. The van der Waals surface area contributed by atoms with E-state index in [0.29, 0.717) is 20.4 Å². The summed E-state index contributed by atoms with van der Waals surface area (Å²) in [4.78, 5) is 23.6. The van der Waals surface area contributed by atoms with Crippen LogP contribution in [0.4, 0.5) is 5.69 Å². The van der Waals surface area contributed by atoms with E-state index in [4.69, 9.17) is 33.7 Å². The van der Waals surface area contributed by atoms with E-state index in [1.165, 1.54) is 19.2 Å². The van der Waals surface area contributed by atoms with E-state index in [9.17, 15) is 9.59 Å². The molecular weight excluding hydrogens is 512 g/mol. The highest BCUT2D eigenvalue weighted by atomic mass is 79.9. The van der Waals surface area contributed by atoms with Gasteiger partial charge in [0, 0.05) is 10.2 Å². The van der Waals surface area contributed by atoms with Crippen LogP contribution in [0.25, 0.3) is 0 Å². The molecule has 0 unspecified atom stereocenters. The van der Waals surface area contributed by atoms with Gasteiger partial charge >= 0.3 is 5.97 Å². The van der Waals surface area contributed by atoms with Gasteiger partial charge in [-0.05, 0) is 58.5 Å². The van der Waals surface area contributed by atoms with Crippen LogP contribution in [0.5, 0.6) is 5.75 Å². The third-order valence-electron chi connectivity index (χ3n) is 3.14. The van der Waals surface area contributed by atoms with Crippen molar-refractivity contribution in [1.82, 2.24) is 5.32 Å². The summed E-state index contributed by atoms with van der Waals surface area (Å²) in [5.41, 5.74) is 0.558. The molecule has 1 amide bonds. The van der Waals surface area contributed by atoms with Gasteiger partial charge in [-0.25, -0.2) is 4.79 Å². The highest BCUT2D eigenvalue weighted by molar-refractivity contribution is 9.11. The number of hydrogen-bond acceptors (Lipinski definition) is 4. The van der Waals surface area contributed by atoms with Gasteiger partial charge in [0.1, 0.15) is 5.75 Å². The Morgan fingerprint density at radius 3 is 2.50 bits per heavy atom. The van der Waals surface area contributed by atoms with Crippen molar-refractivity contribution in [3.05, 3.63) is 55.4 Å². The van der Waals surface area contributed by atoms with E-state index >= 15 is 0 Å². The molecule has 10 heteroatoms. The van der Waals surface area contributed by atoms with Crippen LogP contribution in [0, 0.1) is 0 Å². The molecule has 26 heavy (non-hydrogen) atoms. The van der Waals surface area contributed by atoms with E-state index in [1.54, 1.807) is 18.2 Å². The zero-order chi connectivity index (χ0) is 19.4. The maximum atomic E-state index is 12.5. The van der Waals surface area contributed by atoms with Crippen LogP contribution in [-0.4, -0.2) is 29.2 Å². The second-order valence-corrected chi connectivity index (χ2v) is 7.46. The molecule has 0 atom stereocenters. The van der Waals surface area contributed by atoms with Crippen LogP contribution in [0.2, 0.25) is 5.02 Å². The average molecular weight is 523 g/mol. The number of methoxy groups -OCH3 is 1. The smallest absolute Gasteiger partial charge is 0.337 e. The summed E-state index contributed by atoms with van der Waals surface area (Å²) in [6.07, 6.45) is 0. The van der Waals surface area contributed by atoms with Crippen molar-refractivity contribution in [3.63, 3.8) is 0 Å². The Labute approximate surface area is 176 Å². The van der Waals surface area contributed by atoms with Gasteiger partial charge in [0.15, 0.2) is 5.11 Å². The normalized spacial score (nSPS) is 10.2. The molecule has 0 aromatic heterocycles. The van der Waals surface area contributed by atoms with E-state index < -0.39 is 11.9 Å². The summed E-state index contributed by atoms with van der Waals surface area (Å²) in [6.45, 7) is 0. The van der Waals surface area contributed by atoms with Gasteiger partial charge in [0.25, 0.3) is 5.91 Å². The van der Waals surface area contributed by atoms with Crippen LogP contribution >= 0.6 is 55.7 Å². The van der Waals surface area contributed by atoms with E-state index in [0.717, 1.165) is 0 Å². The number of carboxylic acids is 1. The Morgan fingerprint density at radius 1 is 1.19 bits per heavy atom. The molecule has 0 aliphatic carbocycles. The van der Waals surface area contributed by atoms with Crippen molar-refractivity contribution in [2.75, 3.05) is 12.4 Å². The second-order valence-electron chi connectivity index (χ2n) is 4.88. The van der Waals surface area contributed by atoms with Crippen molar-refractivity contribution < 1.29 is 19.4 Å². The van der Waals surface area contributed by atoms with Crippen LogP contribution in [0.1, 0.15) is 20.7 Å². The van der Waals surface area contributed by atoms with Crippen LogP contribution in [0.3, 0.4) is 0 Å². The Bertz CT molecular complexity index is 908. The number of nitrogens with one attached hydrogen (secondary N) is 2. The zero-order valence-corrected chi connectivity index (χ0v) is 17.8. The number of hydrogen-bond donors (Lipinski definition) is 3. The molecule has 0 saturated carbocycles. The Balaban J connectivity index is 2.17. The molecule has 136 valence electrons. The minimum absolute atomic E-state index is 0.00758. The molecule has 0 fully saturated rings. The first-order chi connectivity index (χ1) is 12.2. The number of amides is 1. The van der Waals surface area contributed by atoms with Crippen molar-refractivity contribution in [2.24, 2.45) is 0 Å². The number of aromatic carboxylic acids is 1. The van der Waals surface area contributed by atoms with Gasteiger partial charge in [-0.15, -0.1) is 0 Å². The lowest BCUT2D eigenvalue weighted by Gasteiger charge is -2.13. The lowest BCUT2D eigenvalue weighted by molar-refractivity contribution is 0.0697. The van der Waals surface area contributed by atoms with Crippen molar-refractivity contribution in [3.8, 4) is 5.75 Å². The Hall–Kier alpha value is -1.68. The van der Waals surface area contributed by atoms with Gasteiger partial charge in [0.05, 0.1) is 27.7 Å². The highest BCUT2D eigenvalue weighted by Crippen LogP contribution is 2.32. The molecule has 0 saturated heterocycles. The highest BCUT2D eigenvalue weighted by Gasteiger charge is 2.18. The number of halogens is 3. The number of carbonyl (C=O) groups is 2. The number of carbonyl (C=O) groups excluding carboxylic acids is 1. The van der Waals surface area contributed by atoms with E-state index in [1.807, 2.05) is 0 Å². The van der Waals surface area contributed by atoms with Crippen LogP contribution < -0.4 is 15.4 Å². The fourth-order valence-corrected chi connectivity index (χ4v) is 3.83. The third-order valence-corrected chi connectivity index (χ3v) is 4.72. The van der Waals surface area contributed by atoms with E-state index in [-0.39, 0.29) is 21.3 Å². The minimum Gasteiger partial charge on any atom is -0.495 e. The quantitative estimate of drug-likeness (QED) is 0.505. The molecule has 0 spiro atoms. The molecule has 0 heterocycles. The maximum Gasteiger partial charge on any atom is 0.337 e. The third kappa shape index (κ3) is 4.94. The average Bonchev–Trinajstić information content (AvgIpc) is 2.55. The molecule has 2 aromatic carbocycles. The predicted molar refractivity (Wildman–Crippen MR) is 110 cm³/mol. The Kier molecular flexibility index (Phi) is 6.99. The van der Waals surface area contributed by atoms with Crippen molar-refractivity contribution >= 4 is 78.4 Å². The number of ether oxygens (including phenoxy) is 1. The first kappa shape index (κ1) is 20.6. The van der Waals surface area contributed by atoms with Gasteiger partial charge in [-0.3, -0.25) is 10.1 Å². The molecule has 0 aliphatic rings. The molecular formula is C16H11Br2ClN2O4S. The second kappa shape index (κ2) is 8.81. The van der Waals surface area contributed by atoms with Gasteiger partial charge in [-0.1, -0.05) is 27.5 Å². The molecule has 6 nitrogen and oxygen atoms in total. The fourth-order valence-electron chi connectivity index (χ4n) is 2.04. The number of carboxylic acid groups (broad SMARTS) is 1. The SMILES string of the molecule is COc1c(Br)cc(Br)cc1C(=O)NC(=S)Nc1ccc(Cl)c(C(=O)O)c1. The molecule has 0 bridgehead atoms. The maximum absolute atomic E-state index is 12.5. The van der Waals surface area contributed by atoms with Gasteiger partial charge < -0.3 is 15.2 Å². The summed E-state index contributed by atoms with van der Waals surface area (Å²) < 4.78 is 6.51. The first-order valence-electron chi connectivity index (χ1n) is 6.91.